The molecule has 1 heterocycles. The van der Waals surface area contributed by atoms with E-state index in [-0.39, 0.29) is 11.5 Å². The van der Waals surface area contributed by atoms with Gasteiger partial charge in [0.15, 0.2) is 5.84 Å². The lowest BCUT2D eigenvalue weighted by Gasteiger charge is -2.21. The Morgan fingerprint density at radius 2 is 1.86 bits per heavy atom. The molecule has 0 unspecified atom stereocenters. The molecule has 1 aliphatic rings. The number of aromatic hydroxyl groups is 2. The van der Waals surface area contributed by atoms with Crippen molar-refractivity contribution in [3.05, 3.63) is 60.4 Å². The number of amidine groups is 1. The molecule has 112 valence electrons. The number of ether oxygens (including phenoxy) is 1. The number of hydrogen-bond acceptors (Lipinski definition) is 6. The standard InChI is InChI=1S/C16H15N3O3/c1-10-17-18-16(14-8-5-12(20)9-15(14)21)19(10)11-3-6-13(22-2)7-4-11/h3-9,17,20-21H,1H2,2H3. The van der Waals surface area contributed by atoms with Gasteiger partial charge in [-0.25, -0.2) is 0 Å². The molecule has 0 radical (unpaired) electrons. The monoisotopic (exact) mass is 297 g/mol. The summed E-state index contributed by atoms with van der Waals surface area (Å²) in [6, 6.07) is 11.7. The van der Waals surface area contributed by atoms with Gasteiger partial charge in [0.1, 0.15) is 23.1 Å². The minimum atomic E-state index is -0.0613. The fourth-order valence-electron chi connectivity index (χ4n) is 2.24. The number of benzene rings is 2. The summed E-state index contributed by atoms with van der Waals surface area (Å²) < 4.78 is 5.15. The molecule has 3 rings (SSSR count). The Morgan fingerprint density at radius 3 is 2.50 bits per heavy atom. The predicted molar refractivity (Wildman–Crippen MR) is 84.1 cm³/mol. The molecular formula is C16H15N3O3. The molecule has 0 saturated heterocycles. The number of hydrogen-bond donors (Lipinski definition) is 3. The summed E-state index contributed by atoms with van der Waals surface area (Å²) in [7, 11) is 1.60. The summed E-state index contributed by atoms with van der Waals surface area (Å²) in [5.41, 5.74) is 4.11. The fourth-order valence-corrected chi connectivity index (χ4v) is 2.24. The van der Waals surface area contributed by atoms with Gasteiger partial charge in [-0.1, -0.05) is 6.58 Å². The molecule has 6 nitrogen and oxygen atoms in total. The zero-order chi connectivity index (χ0) is 15.7. The number of nitrogens with one attached hydrogen (secondary N) is 1. The van der Waals surface area contributed by atoms with E-state index in [1.165, 1.54) is 12.1 Å². The third kappa shape index (κ3) is 2.31. The number of rotatable bonds is 3. The lowest BCUT2D eigenvalue weighted by Crippen LogP contribution is -2.27. The van der Waals surface area contributed by atoms with Gasteiger partial charge in [0.2, 0.25) is 0 Å². The first-order valence-electron chi connectivity index (χ1n) is 6.59. The van der Waals surface area contributed by atoms with Gasteiger partial charge in [0.25, 0.3) is 0 Å². The van der Waals surface area contributed by atoms with E-state index in [4.69, 9.17) is 4.74 Å². The Hall–Kier alpha value is -3.15. The molecule has 0 fully saturated rings. The molecule has 0 saturated carbocycles. The zero-order valence-corrected chi connectivity index (χ0v) is 11.9. The molecule has 2 aromatic rings. The van der Waals surface area contributed by atoms with E-state index in [2.05, 4.69) is 17.1 Å². The van der Waals surface area contributed by atoms with Gasteiger partial charge < -0.3 is 14.9 Å². The number of phenolic OH excluding ortho intramolecular Hbond substituents is 2. The van der Waals surface area contributed by atoms with Gasteiger partial charge in [-0.05, 0) is 36.4 Å². The van der Waals surface area contributed by atoms with Crippen LogP contribution in [0.15, 0.2) is 60.0 Å². The van der Waals surface area contributed by atoms with Crippen LogP contribution in [0.2, 0.25) is 0 Å². The third-order valence-corrected chi connectivity index (χ3v) is 3.33. The molecule has 0 bridgehead atoms. The highest BCUT2D eigenvalue weighted by Crippen LogP contribution is 2.30. The van der Waals surface area contributed by atoms with E-state index in [9.17, 15) is 10.2 Å². The lowest BCUT2D eigenvalue weighted by atomic mass is 10.1. The molecule has 0 atom stereocenters. The Labute approximate surface area is 127 Å². The van der Waals surface area contributed by atoms with Crippen molar-refractivity contribution in [2.24, 2.45) is 5.10 Å². The van der Waals surface area contributed by atoms with Crippen molar-refractivity contribution in [1.29, 1.82) is 0 Å². The molecule has 0 amide bonds. The average Bonchev–Trinajstić information content (AvgIpc) is 2.89. The second kappa shape index (κ2) is 5.33. The quantitative estimate of drug-likeness (QED) is 0.810. The SMILES string of the molecule is C=C1NN=C(c2ccc(O)cc2O)N1c1ccc(OC)cc1. The molecule has 2 aromatic carbocycles. The second-order valence-corrected chi connectivity index (χ2v) is 4.73. The Kier molecular flexibility index (Phi) is 3.34. The highest BCUT2D eigenvalue weighted by molar-refractivity contribution is 6.14. The highest BCUT2D eigenvalue weighted by Gasteiger charge is 2.26. The van der Waals surface area contributed by atoms with Crippen LogP contribution in [0.3, 0.4) is 0 Å². The van der Waals surface area contributed by atoms with Gasteiger partial charge >= 0.3 is 0 Å². The molecule has 22 heavy (non-hydrogen) atoms. The summed E-state index contributed by atoms with van der Waals surface area (Å²) in [4.78, 5) is 1.77. The van der Waals surface area contributed by atoms with Gasteiger partial charge in [0.05, 0.1) is 12.7 Å². The minimum Gasteiger partial charge on any atom is -0.508 e. The average molecular weight is 297 g/mol. The van der Waals surface area contributed by atoms with Crippen molar-refractivity contribution in [2.45, 2.75) is 0 Å². The topological polar surface area (TPSA) is 77.3 Å². The van der Waals surface area contributed by atoms with Crippen LogP contribution in [0.25, 0.3) is 0 Å². The summed E-state index contributed by atoms with van der Waals surface area (Å²) in [6.07, 6.45) is 0. The van der Waals surface area contributed by atoms with Gasteiger partial charge in [-0.3, -0.25) is 10.3 Å². The van der Waals surface area contributed by atoms with E-state index in [0.29, 0.717) is 17.2 Å². The Balaban J connectivity index is 2.01. The van der Waals surface area contributed by atoms with Crippen LogP contribution in [-0.4, -0.2) is 23.2 Å². The van der Waals surface area contributed by atoms with Crippen LogP contribution >= 0.6 is 0 Å². The fraction of sp³-hybridized carbons (Fsp3) is 0.0625. The largest absolute Gasteiger partial charge is 0.508 e. The third-order valence-electron chi connectivity index (χ3n) is 3.33. The first kappa shape index (κ1) is 13.8. The molecule has 0 aromatic heterocycles. The zero-order valence-electron chi connectivity index (χ0n) is 11.9. The second-order valence-electron chi connectivity index (χ2n) is 4.73. The van der Waals surface area contributed by atoms with Crippen molar-refractivity contribution in [3.8, 4) is 17.2 Å². The maximum atomic E-state index is 10.0. The van der Waals surface area contributed by atoms with Gasteiger partial charge in [-0.2, -0.15) is 5.10 Å². The van der Waals surface area contributed by atoms with E-state index >= 15 is 0 Å². The van der Waals surface area contributed by atoms with Crippen molar-refractivity contribution in [1.82, 2.24) is 5.43 Å². The van der Waals surface area contributed by atoms with Crippen LogP contribution < -0.4 is 15.1 Å². The van der Waals surface area contributed by atoms with Crippen molar-refractivity contribution >= 4 is 11.5 Å². The predicted octanol–water partition coefficient (Wildman–Crippen LogP) is 2.35. The molecule has 0 spiro atoms. The van der Waals surface area contributed by atoms with Crippen LogP contribution in [0.4, 0.5) is 5.69 Å². The number of nitrogens with zero attached hydrogens (tertiary/aromatic N) is 2. The van der Waals surface area contributed by atoms with Crippen LogP contribution in [0.1, 0.15) is 5.56 Å². The number of methoxy groups -OCH3 is 1. The number of hydrazone groups is 1. The van der Waals surface area contributed by atoms with Crippen molar-refractivity contribution in [3.63, 3.8) is 0 Å². The molecular weight excluding hydrogens is 282 g/mol. The van der Waals surface area contributed by atoms with E-state index in [0.717, 1.165) is 11.4 Å². The smallest absolute Gasteiger partial charge is 0.170 e. The van der Waals surface area contributed by atoms with E-state index < -0.39 is 0 Å². The first-order chi connectivity index (χ1) is 10.6. The highest BCUT2D eigenvalue weighted by atomic mass is 16.5. The lowest BCUT2D eigenvalue weighted by molar-refractivity contribution is 0.415. The van der Waals surface area contributed by atoms with Gasteiger partial charge in [0, 0.05) is 11.8 Å². The van der Waals surface area contributed by atoms with Gasteiger partial charge in [-0.15, -0.1) is 0 Å². The van der Waals surface area contributed by atoms with Crippen LogP contribution in [0, 0.1) is 0 Å². The Bertz CT molecular complexity index is 754. The molecule has 3 N–H and O–H groups in total. The summed E-state index contributed by atoms with van der Waals surface area (Å²) >= 11 is 0. The van der Waals surface area contributed by atoms with Crippen LogP contribution in [0.5, 0.6) is 17.2 Å². The molecule has 1 aliphatic heterocycles. The molecule has 0 aliphatic carbocycles. The molecule has 6 heteroatoms. The number of anilines is 1. The first-order valence-corrected chi connectivity index (χ1v) is 6.59. The Morgan fingerprint density at radius 1 is 1.14 bits per heavy atom. The van der Waals surface area contributed by atoms with Crippen LogP contribution in [-0.2, 0) is 0 Å². The maximum Gasteiger partial charge on any atom is 0.170 e. The maximum absolute atomic E-state index is 10.0. The summed E-state index contributed by atoms with van der Waals surface area (Å²) in [5, 5.41) is 23.7. The van der Waals surface area contributed by atoms with Crippen molar-refractivity contribution in [2.75, 3.05) is 12.0 Å². The van der Waals surface area contributed by atoms with Crippen molar-refractivity contribution < 1.29 is 14.9 Å². The minimum absolute atomic E-state index is 0.0115. The number of phenols is 2. The van der Waals surface area contributed by atoms with E-state index in [1.807, 2.05) is 24.3 Å². The summed E-state index contributed by atoms with van der Waals surface area (Å²) in [6.45, 7) is 3.92. The summed E-state index contributed by atoms with van der Waals surface area (Å²) in [5.74, 6) is 1.73. The normalized spacial score (nSPS) is 13.8. The van der Waals surface area contributed by atoms with E-state index in [1.54, 1.807) is 18.1 Å².